The lowest BCUT2D eigenvalue weighted by Gasteiger charge is -2.16. The van der Waals surface area contributed by atoms with Gasteiger partial charge < -0.3 is 14.7 Å². The van der Waals surface area contributed by atoms with Crippen LogP contribution in [0.25, 0.3) is 0 Å². The van der Waals surface area contributed by atoms with Gasteiger partial charge in [0.25, 0.3) is 0 Å². The lowest BCUT2D eigenvalue weighted by atomic mass is 10.1. The molecule has 1 heterocycles. The summed E-state index contributed by atoms with van der Waals surface area (Å²) >= 11 is 3.39. The van der Waals surface area contributed by atoms with Crippen molar-refractivity contribution in [1.82, 2.24) is 0 Å². The molecule has 1 fully saturated rings. The van der Waals surface area contributed by atoms with Gasteiger partial charge in [-0.25, -0.2) is 0 Å². The first-order valence-electron chi connectivity index (χ1n) is 7.53. The van der Waals surface area contributed by atoms with Gasteiger partial charge in [0.05, 0.1) is 5.92 Å². The molecular formula is C18H16BrNO4. The van der Waals surface area contributed by atoms with Gasteiger partial charge in [-0.05, 0) is 42.0 Å². The molecule has 3 rings (SSSR count). The van der Waals surface area contributed by atoms with Gasteiger partial charge in [-0.3, -0.25) is 9.59 Å². The van der Waals surface area contributed by atoms with Crippen LogP contribution in [0, 0.1) is 5.92 Å². The summed E-state index contributed by atoms with van der Waals surface area (Å²) in [6, 6.07) is 15.0. The molecule has 1 aliphatic heterocycles. The van der Waals surface area contributed by atoms with E-state index in [4.69, 9.17) is 9.84 Å². The van der Waals surface area contributed by atoms with Gasteiger partial charge in [-0.15, -0.1) is 0 Å². The Morgan fingerprint density at radius 3 is 2.42 bits per heavy atom. The number of rotatable bonds is 5. The molecule has 0 aromatic heterocycles. The first-order valence-corrected chi connectivity index (χ1v) is 8.33. The number of carbonyl (C=O) groups is 2. The molecule has 2 aromatic rings. The third-order valence-electron chi connectivity index (χ3n) is 3.94. The summed E-state index contributed by atoms with van der Waals surface area (Å²) < 4.78 is 6.74. The number of hydrogen-bond donors (Lipinski definition) is 1. The van der Waals surface area contributed by atoms with E-state index >= 15 is 0 Å². The van der Waals surface area contributed by atoms with E-state index in [2.05, 4.69) is 15.9 Å². The summed E-state index contributed by atoms with van der Waals surface area (Å²) in [4.78, 5) is 24.5. The van der Waals surface area contributed by atoms with E-state index < -0.39 is 11.9 Å². The fourth-order valence-corrected chi connectivity index (χ4v) is 2.86. The van der Waals surface area contributed by atoms with Crippen LogP contribution in [0.1, 0.15) is 12.0 Å². The van der Waals surface area contributed by atoms with E-state index in [0.29, 0.717) is 18.0 Å². The lowest BCUT2D eigenvalue weighted by Crippen LogP contribution is -2.25. The van der Waals surface area contributed by atoms with Crippen molar-refractivity contribution >= 4 is 33.5 Å². The standard InChI is InChI=1S/C18H16BrNO4/c19-14-3-1-12(2-4-14)11-24-16-7-5-15(6-8-16)20-10-13(18(22)23)9-17(20)21/h1-8,13H,9-11H2,(H,22,23)/t13-/m1/s1. The summed E-state index contributed by atoms with van der Waals surface area (Å²) in [5.41, 5.74) is 1.75. The van der Waals surface area contributed by atoms with E-state index in [-0.39, 0.29) is 18.9 Å². The van der Waals surface area contributed by atoms with Crippen LogP contribution in [0.2, 0.25) is 0 Å². The second kappa shape index (κ2) is 7.05. The molecule has 1 aliphatic rings. The number of ether oxygens (including phenoxy) is 1. The molecule has 0 spiro atoms. The fourth-order valence-electron chi connectivity index (χ4n) is 2.59. The zero-order chi connectivity index (χ0) is 17.1. The van der Waals surface area contributed by atoms with E-state index in [1.54, 1.807) is 24.3 Å². The third-order valence-corrected chi connectivity index (χ3v) is 4.47. The summed E-state index contributed by atoms with van der Waals surface area (Å²) in [7, 11) is 0. The van der Waals surface area contributed by atoms with Crippen molar-refractivity contribution in [3.05, 3.63) is 58.6 Å². The van der Waals surface area contributed by atoms with Gasteiger partial charge in [0.15, 0.2) is 0 Å². The zero-order valence-electron chi connectivity index (χ0n) is 12.8. The lowest BCUT2D eigenvalue weighted by molar-refractivity contribution is -0.141. The molecule has 0 radical (unpaired) electrons. The van der Waals surface area contributed by atoms with Crippen molar-refractivity contribution in [2.75, 3.05) is 11.4 Å². The van der Waals surface area contributed by atoms with Crippen molar-refractivity contribution < 1.29 is 19.4 Å². The van der Waals surface area contributed by atoms with Crippen LogP contribution in [-0.4, -0.2) is 23.5 Å². The van der Waals surface area contributed by atoms with Gasteiger partial charge in [0.2, 0.25) is 5.91 Å². The Labute approximate surface area is 148 Å². The summed E-state index contributed by atoms with van der Waals surface area (Å²) in [6.07, 6.45) is 0.0527. The Morgan fingerprint density at radius 1 is 1.17 bits per heavy atom. The van der Waals surface area contributed by atoms with Crippen molar-refractivity contribution in [2.45, 2.75) is 13.0 Å². The first-order chi connectivity index (χ1) is 11.5. The molecule has 0 unspecified atom stereocenters. The number of hydrogen-bond acceptors (Lipinski definition) is 3. The Kier molecular flexibility index (Phi) is 4.85. The van der Waals surface area contributed by atoms with Crippen LogP contribution in [-0.2, 0) is 16.2 Å². The SMILES string of the molecule is O=C(O)[C@@H]1CC(=O)N(c2ccc(OCc3ccc(Br)cc3)cc2)C1. The first kappa shape index (κ1) is 16.5. The van der Waals surface area contributed by atoms with Crippen LogP contribution in [0.15, 0.2) is 53.0 Å². The number of carbonyl (C=O) groups excluding carboxylic acids is 1. The molecule has 0 bridgehead atoms. The number of aliphatic carboxylic acids is 1. The highest BCUT2D eigenvalue weighted by atomic mass is 79.9. The molecule has 0 saturated carbocycles. The smallest absolute Gasteiger partial charge is 0.308 e. The molecule has 124 valence electrons. The van der Waals surface area contributed by atoms with E-state index in [1.165, 1.54) is 4.90 Å². The topological polar surface area (TPSA) is 66.8 Å². The number of halogens is 1. The maximum Gasteiger partial charge on any atom is 0.308 e. The van der Waals surface area contributed by atoms with Crippen molar-refractivity contribution in [3.63, 3.8) is 0 Å². The van der Waals surface area contributed by atoms with E-state index in [0.717, 1.165) is 10.0 Å². The fraction of sp³-hybridized carbons (Fsp3) is 0.222. The van der Waals surface area contributed by atoms with Crippen molar-refractivity contribution in [2.24, 2.45) is 5.92 Å². The molecule has 1 atom stereocenters. The van der Waals surface area contributed by atoms with E-state index in [9.17, 15) is 9.59 Å². The summed E-state index contributed by atoms with van der Waals surface area (Å²) in [5.74, 6) is -1.03. The summed E-state index contributed by atoms with van der Waals surface area (Å²) in [5, 5.41) is 9.03. The molecule has 5 nitrogen and oxygen atoms in total. The maximum atomic E-state index is 11.9. The van der Waals surface area contributed by atoms with Gasteiger partial charge in [0.1, 0.15) is 12.4 Å². The minimum Gasteiger partial charge on any atom is -0.489 e. The highest BCUT2D eigenvalue weighted by molar-refractivity contribution is 9.10. The number of anilines is 1. The normalized spacial score (nSPS) is 17.1. The van der Waals surface area contributed by atoms with Gasteiger partial charge in [0, 0.05) is 23.1 Å². The molecule has 1 saturated heterocycles. The molecule has 0 aliphatic carbocycles. The number of carboxylic acid groups (broad SMARTS) is 1. The second-order valence-corrected chi connectivity index (χ2v) is 6.57. The van der Waals surface area contributed by atoms with Crippen LogP contribution in [0.4, 0.5) is 5.69 Å². The highest BCUT2D eigenvalue weighted by Crippen LogP contribution is 2.27. The predicted molar refractivity (Wildman–Crippen MR) is 93.0 cm³/mol. The Balaban J connectivity index is 1.62. The van der Waals surface area contributed by atoms with E-state index in [1.807, 2.05) is 24.3 Å². The summed E-state index contributed by atoms with van der Waals surface area (Å²) in [6.45, 7) is 0.670. The third kappa shape index (κ3) is 3.76. The maximum absolute atomic E-state index is 11.9. The van der Waals surface area contributed by atoms with Crippen LogP contribution in [0.5, 0.6) is 5.75 Å². The van der Waals surface area contributed by atoms with Crippen molar-refractivity contribution in [1.29, 1.82) is 0 Å². The average molecular weight is 390 g/mol. The molecular weight excluding hydrogens is 374 g/mol. The number of benzene rings is 2. The van der Waals surface area contributed by atoms with Crippen LogP contribution < -0.4 is 9.64 Å². The Morgan fingerprint density at radius 2 is 1.83 bits per heavy atom. The molecule has 1 N–H and O–H groups in total. The van der Waals surface area contributed by atoms with Gasteiger partial charge >= 0.3 is 5.97 Å². The Hall–Kier alpha value is -2.34. The number of nitrogens with zero attached hydrogens (tertiary/aromatic N) is 1. The second-order valence-electron chi connectivity index (χ2n) is 5.65. The molecule has 1 amide bonds. The molecule has 6 heteroatoms. The zero-order valence-corrected chi connectivity index (χ0v) is 14.4. The minimum absolute atomic E-state index is 0.0527. The molecule has 24 heavy (non-hydrogen) atoms. The van der Waals surface area contributed by atoms with Crippen molar-refractivity contribution in [3.8, 4) is 5.75 Å². The van der Waals surface area contributed by atoms with Gasteiger partial charge in [-0.2, -0.15) is 0 Å². The largest absolute Gasteiger partial charge is 0.489 e. The van der Waals surface area contributed by atoms with Crippen LogP contribution in [0.3, 0.4) is 0 Å². The predicted octanol–water partition coefficient (Wildman–Crippen LogP) is 3.47. The number of amides is 1. The van der Waals surface area contributed by atoms with Gasteiger partial charge in [-0.1, -0.05) is 28.1 Å². The minimum atomic E-state index is -0.930. The monoisotopic (exact) mass is 389 g/mol. The van der Waals surface area contributed by atoms with Crippen LogP contribution >= 0.6 is 15.9 Å². The highest BCUT2D eigenvalue weighted by Gasteiger charge is 2.34. The average Bonchev–Trinajstić information content (AvgIpc) is 2.97. The quantitative estimate of drug-likeness (QED) is 0.849. The molecule has 2 aromatic carbocycles. The Bertz CT molecular complexity index is 743. The number of carboxylic acids is 1.